The summed E-state index contributed by atoms with van der Waals surface area (Å²) in [6, 6.07) is -0.329. The summed E-state index contributed by atoms with van der Waals surface area (Å²) in [5, 5.41) is 0. The zero-order chi connectivity index (χ0) is 15.7. The van der Waals surface area contributed by atoms with Gasteiger partial charge in [0.2, 0.25) is 0 Å². The lowest BCUT2D eigenvalue weighted by molar-refractivity contribution is -0.127. The van der Waals surface area contributed by atoms with Crippen LogP contribution in [0.1, 0.15) is 54.9 Å². The third kappa shape index (κ3) is 3.97. The van der Waals surface area contributed by atoms with Crippen LogP contribution < -0.4 is 0 Å². The minimum Gasteiger partial charge on any atom is -0.444 e. The largest absolute Gasteiger partial charge is 0.444 e. The monoisotopic (exact) mass is 283 g/mol. The molecule has 0 bridgehead atoms. The highest BCUT2D eigenvalue weighted by Crippen LogP contribution is 2.33. The van der Waals surface area contributed by atoms with Crippen molar-refractivity contribution in [1.29, 1.82) is 0 Å². The van der Waals surface area contributed by atoms with Gasteiger partial charge in [-0.05, 0) is 39.0 Å². The predicted molar refractivity (Wildman–Crippen MR) is 79.5 cm³/mol. The molecular formula is C16H29NO3. The zero-order valence-electron chi connectivity index (χ0n) is 13.9. The Labute approximate surface area is 122 Å². The van der Waals surface area contributed by atoms with Crippen LogP contribution in [-0.4, -0.2) is 35.0 Å². The maximum Gasteiger partial charge on any atom is 0.410 e. The quantitative estimate of drug-likeness (QED) is 0.796. The van der Waals surface area contributed by atoms with E-state index in [9.17, 15) is 9.59 Å². The number of hydrogen-bond acceptors (Lipinski definition) is 3. The van der Waals surface area contributed by atoms with Gasteiger partial charge in [-0.1, -0.05) is 27.7 Å². The van der Waals surface area contributed by atoms with E-state index < -0.39 is 5.60 Å². The molecule has 2 atom stereocenters. The van der Waals surface area contributed by atoms with E-state index in [-0.39, 0.29) is 29.8 Å². The van der Waals surface area contributed by atoms with Crippen molar-refractivity contribution in [2.24, 2.45) is 17.8 Å². The fourth-order valence-corrected chi connectivity index (χ4v) is 2.75. The highest BCUT2D eigenvalue weighted by molar-refractivity contribution is 5.89. The molecular weight excluding hydrogens is 254 g/mol. The number of hydrogen-bond donors (Lipinski definition) is 0. The molecule has 1 aliphatic heterocycles. The summed E-state index contributed by atoms with van der Waals surface area (Å²) in [7, 11) is 0. The Hall–Kier alpha value is -1.06. The predicted octanol–water partition coefficient (Wildman–Crippen LogP) is 3.49. The van der Waals surface area contributed by atoms with E-state index in [1.165, 1.54) is 0 Å². The lowest BCUT2D eigenvalue weighted by atomic mass is 9.84. The van der Waals surface area contributed by atoms with Crippen molar-refractivity contribution < 1.29 is 14.3 Å². The normalized spacial score (nSPS) is 23.6. The van der Waals surface area contributed by atoms with Crippen molar-refractivity contribution in [3.8, 4) is 0 Å². The van der Waals surface area contributed by atoms with E-state index >= 15 is 0 Å². The molecule has 20 heavy (non-hydrogen) atoms. The summed E-state index contributed by atoms with van der Waals surface area (Å²) in [4.78, 5) is 26.4. The number of likely N-dealkylation sites (tertiary alicyclic amines) is 1. The second-order valence-electron chi connectivity index (χ2n) is 7.37. The first-order valence-electron chi connectivity index (χ1n) is 7.58. The van der Waals surface area contributed by atoms with Crippen LogP contribution in [0.4, 0.5) is 4.79 Å². The Morgan fingerprint density at radius 3 is 2.10 bits per heavy atom. The van der Waals surface area contributed by atoms with Gasteiger partial charge < -0.3 is 4.74 Å². The summed E-state index contributed by atoms with van der Waals surface area (Å²) < 4.78 is 5.44. The second-order valence-corrected chi connectivity index (χ2v) is 7.37. The number of carbonyl (C=O) groups is 2. The van der Waals surface area contributed by atoms with Gasteiger partial charge in [0.1, 0.15) is 5.60 Å². The molecule has 0 radical (unpaired) electrons. The molecule has 0 spiro atoms. The van der Waals surface area contributed by atoms with Gasteiger partial charge in [-0.2, -0.15) is 0 Å². The second kappa shape index (κ2) is 6.15. The lowest BCUT2D eigenvalue weighted by Gasteiger charge is -2.31. The smallest absolute Gasteiger partial charge is 0.410 e. The van der Waals surface area contributed by atoms with Crippen LogP contribution in [0.25, 0.3) is 0 Å². The Bertz CT molecular complexity index is 368. The third-order valence-electron chi connectivity index (χ3n) is 3.79. The molecule has 0 aromatic carbocycles. The molecule has 0 aromatic rings. The maximum absolute atomic E-state index is 12.5. The van der Waals surface area contributed by atoms with E-state index in [1.54, 1.807) is 4.90 Å². The molecule has 0 aromatic heterocycles. The molecule has 1 heterocycles. The van der Waals surface area contributed by atoms with E-state index in [1.807, 2.05) is 34.6 Å². The molecule has 1 saturated heterocycles. The minimum atomic E-state index is -0.529. The average molecular weight is 283 g/mol. The van der Waals surface area contributed by atoms with Crippen LogP contribution in [0, 0.1) is 17.8 Å². The first-order valence-corrected chi connectivity index (χ1v) is 7.58. The van der Waals surface area contributed by atoms with Crippen molar-refractivity contribution in [3.05, 3.63) is 0 Å². The van der Waals surface area contributed by atoms with Gasteiger partial charge in [-0.15, -0.1) is 0 Å². The minimum absolute atomic E-state index is 0.0655. The fourth-order valence-electron chi connectivity index (χ4n) is 2.75. The SMILES string of the molecule is CC(C)C(=O)C1C(C(C)C)CCN1C(=O)OC(C)(C)C. The topological polar surface area (TPSA) is 46.6 Å². The average Bonchev–Trinajstić information content (AvgIpc) is 2.69. The molecule has 0 aliphatic carbocycles. The van der Waals surface area contributed by atoms with Gasteiger partial charge in [0, 0.05) is 12.5 Å². The molecule has 1 aliphatic rings. The number of ketones is 1. The number of amides is 1. The summed E-state index contributed by atoms with van der Waals surface area (Å²) in [5.74, 6) is 0.698. The van der Waals surface area contributed by atoms with Crippen molar-refractivity contribution in [2.45, 2.75) is 66.5 Å². The van der Waals surface area contributed by atoms with Crippen LogP contribution in [0.3, 0.4) is 0 Å². The molecule has 0 saturated carbocycles. The Morgan fingerprint density at radius 1 is 1.15 bits per heavy atom. The Morgan fingerprint density at radius 2 is 1.70 bits per heavy atom. The fraction of sp³-hybridized carbons (Fsp3) is 0.875. The van der Waals surface area contributed by atoms with Crippen LogP contribution in [0.5, 0.6) is 0 Å². The summed E-state index contributed by atoms with van der Waals surface area (Å²) in [6.45, 7) is 14.2. The van der Waals surface area contributed by atoms with Crippen molar-refractivity contribution in [1.82, 2.24) is 4.90 Å². The zero-order valence-corrected chi connectivity index (χ0v) is 13.9. The van der Waals surface area contributed by atoms with Crippen LogP contribution in [-0.2, 0) is 9.53 Å². The highest BCUT2D eigenvalue weighted by Gasteiger charge is 2.44. The van der Waals surface area contributed by atoms with Gasteiger partial charge in [0.15, 0.2) is 5.78 Å². The number of rotatable bonds is 3. The number of nitrogens with zero attached hydrogens (tertiary/aromatic N) is 1. The molecule has 4 heteroatoms. The van der Waals surface area contributed by atoms with E-state index in [0.29, 0.717) is 12.5 Å². The lowest BCUT2D eigenvalue weighted by Crippen LogP contribution is -2.47. The number of Topliss-reactive ketones (excluding diaryl/α,β-unsaturated/α-hetero) is 1. The standard InChI is InChI=1S/C16H29NO3/c1-10(2)12-8-9-17(13(12)14(18)11(3)4)15(19)20-16(5,6)7/h10-13H,8-9H2,1-7H3. The first-order chi connectivity index (χ1) is 9.04. The number of ether oxygens (including phenoxy) is 1. The van der Waals surface area contributed by atoms with Gasteiger partial charge in [-0.25, -0.2) is 4.79 Å². The molecule has 1 amide bonds. The van der Waals surface area contributed by atoms with E-state index in [2.05, 4.69) is 13.8 Å². The first kappa shape index (κ1) is 17.0. The van der Waals surface area contributed by atoms with Gasteiger partial charge in [0.05, 0.1) is 6.04 Å². The Kier molecular flexibility index (Phi) is 5.22. The summed E-state index contributed by atoms with van der Waals surface area (Å²) in [5.41, 5.74) is -0.529. The van der Waals surface area contributed by atoms with Gasteiger partial charge in [-0.3, -0.25) is 9.69 Å². The van der Waals surface area contributed by atoms with Crippen molar-refractivity contribution in [2.75, 3.05) is 6.54 Å². The van der Waals surface area contributed by atoms with Gasteiger partial charge >= 0.3 is 6.09 Å². The molecule has 4 nitrogen and oxygen atoms in total. The molecule has 1 rings (SSSR count). The third-order valence-corrected chi connectivity index (χ3v) is 3.79. The van der Waals surface area contributed by atoms with E-state index in [0.717, 1.165) is 6.42 Å². The maximum atomic E-state index is 12.5. The summed E-state index contributed by atoms with van der Waals surface area (Å²) in [6.07, 6.45) is 0.514. The Balaban J connectivity index is 2.94. The highest BCUT2D eigenvalue weighted by atomic mass is 16.6. The number of carbonyl (C=O) groups excluding carboxylic acids is 2. The molecule has 1 fully saturated rings. The van der Waals surface area contributed by atoms with Crippen LogP contribution in [0.15, 0.2) is 0 Å². The van der Waals surface area contributed by atoms with Gasteiger partial charge in [0.25, 0.3) is 0 Å². The molecule has 2 unspecified atom stereocenters. The molecule has 0 N–H and O–H groups in total. The van der Waals surface area contributed by atoms with Crippen LogP contribution in [0.2, 0.25) is 0 Å². The summed E-state index contributed by atoms with van der Waals surface area (Å²) >= 11 is 0. The van der Waals surface area contributed by atoms with Crippen LogP contribution >= 0.6 is 0 Å². The van der Waals surface area contributed by atoms with Crippen molar-refractivity contribution >= 4 is 11.9 Å². The van der Waals surface area contributed by atoms with Crippen molar-refractivity contribution in [3.63, 3.8) is 0 Å². The molecule has 116 valence electrons. The van der Waals surface area contributed by atoms with E-state index in [4.69, 9.17) is 4.74 Å².